The summed E-state index contributed by atoms with van der Waals surface area (Å²) < 4.78 is 0. The van der Waals surface area contributed by atoms with Crippen molar-refractivity contribution in [3.05, 3.63) is 24.3 Å². The number of rotatable bonds is 3. The summed E-state index contributed by atoms with van der Waals surface area (Å²) in [5.74, 6) is 0.747. The highest BCUT2D eigenvalue weighted by Gasteiger charge is 2.18. The molecule has 1 fully saturated rings. The van der Waals surface area contributed by atoms with Crippen LogP contribution in [0.25, 0.3) is 0 Å². The van der Waals surface area contributed by atoms with Crippen LogP contribution in [0.4, 0.5) is 11.4 Å². The van der Waals surface area contributed by atoms with Gasteiger partial charge in [-0.25, -0.2) is 0 Å². The summed E-state index contributed by atoms with van der Waals surface area (Å²) in [6, 6.07) is 7.23. The largest absolute Gasteiger partial charge is 0.399 e. The van der Waals surface area contributed by atoms with Crippen LogP contribution in [-0.2, 0) is 4.79 Å². The highest BCUT2D eigenvalue weighted by atomic mass is 16.2. The molecule has 98 valence electrons. The number of nitrogen functional groups attached to an aromatic ring is 1. The molecule has 3 N–H and O–H groups in total. The summed E-state index contributed by atoms with van der Waals surface area (Å²) in [4.78, 5) is 14.1. The lowest BCUT2D eigenvalue weighted by atomic mass is 10.0. The second kappa shape index (κ2) is 5.87. The number of nitrogens with zero attached hydrogens (tertiary/aromatic N) is 1. The van der Waals surface area contributed by atoms with E-state index in [-0.39, 0.29) is 5.91 Å². The number of benzene rings is 1. The van der Waals surface area contributed by atoms with Crippen molar-refractivity contribution in [3.63, 3.8) is 0 Å². The second-order valence-corrected chi connectivity index (χ2v) is 5.15. The Bertz CT molecular complexity index is 402. The predicted molar refractivity (Wildman–Crippen MR) is 74.3 cm³/mol. The Hall–Kier alpha value is -1.55. The van der Waals surface area contributed by atoms with Gasteiger partial charge in [-0.1, -0.05) is 6.92 Å². The van der Waals surface area contributed by atoms with E-state index in [9.17, 15) is 4.79 Å². The molecule has 2 rings (SSSR count). The SMILES string of the molecule is CC1CCCN(CC(=O)Nc2ccc(N)cc2)C1. The van der Waals surface area contributed by atoms with Crippen LogP contribution in [0.2, 0.25) is 0 Å². The summed E-state index contributed by atoms with van der Waals surface area (Å²) in [7, 11) is 0. The summed E-state index contributed by atoms with van der Waals surface area (Å²) >= 11 is 0. The Morgan fingerprint density at radius 3 is 2.83 bits per heavy atom. The fraction of sp³-hybridized carbons (Fsp3) is 0.500. The van der Waals surface area contributed by atoms with Crippen LogP contribution in [0.3, 0.4) is 0 Å². The van der Waals surface area contributed by atoms with Gasteiger partial charge in [0.2, 0.25) is 5.91 Å². The molecule has 0 aromatic heterocycles. The smallest absolute Gasteiger partial charge is 0.238 e. The maximum Gasteiger partial charge on any atom is 0.238 e. The highest BCUT2D eigenvalue weighted by molar-refractivity contribution is 5.92. The Labute approximate surface area is 108 Å². The van der Waals surface area contributed by atoms with Crippen molar-refractivity contribution in [1.29, 1.82) is 0 Å². The predicted octanol–water partition coefficient (Wildman–Crippen LogP) is 1.94. The first-order chi connectivity index (χ1) is 8.63. The molecule has 1 heterocycles. The van der Waals surface area contributed by atoms with Crippen LogP contribution in [0.5, 0.6) is 0 Å². The first kappa shape index (κ1) is 12.9. The Kier molecular flexibility index (Phi) is 4.20. The number of carbonyl (C=O) groups is 1. The van der Waals surface area contributed by atoms with Gasteiger partial charge in [0.1, 0.15) is 0 Å². The lowest BCUT2D eigenvalue weighted by Crippen LogP contribution is -2.39. The van der Waals surface area contributed by atoms with E-state index in [0.29, 0.717) is 18.2 Å². The lowest BCUT2D eigenvalue weighted by molar-refractivity contribution is -0.117. The molecule has 0 saturated carbocycles. The van der Waals surface area contributed by atoms with Crippen LogP contribution < -0.4 is 11.1 Å². The third-order valence-electron chi connectivity index (χ3n) is 3.30. The van der Waals surface area contributed by atoms with E-state index >= 15 is 0 Å². The Morgan fingerprint density at radius 1 is 1.44 bits per heavy atom. The van der Waals surface area contributed by atoms with Gasteiger partial charge < -0.3 is 11.1 Å². The van der Waals surface area contributed by atoms with Crippen molar-refractivity contribution in [3.8, 4) is 0 Å². The molecular weight excluding hydrogens is 226 g/mol. The minimum absolute atomic E-state index is 0.0499. The highest BCUT2D eigenvalue weighted by Crippen LogP contribution is 2.15. The maximum atomic E-state index is 11.9. The average Bonchev–Trinajstić information content (AvgIpc) is 2.32. The standard InChI is InChI=1S/C14H21N3O/c1-11-3-2-8-17(9-11)10-14(18)16-13-6-4-12(15)5-7-13/h4-7,11H,2-3,8-10,15H2,1H3,(H,16,18). The fourth-order valence-electron chi connectivity index (χ4n) is 2.40. The molecule has 0 spiro atoms. The molecule has 0 aliphatic carbocycles. The van der Waals surface area contributed by atoms with Crippen molar-refractivity contribution in [2.45, 2.75) is 19.8 Å². The zero-order valence-electron chi connectivity index (χ0n) is 10.9. The molecule has 0 bridgehead atoms. The van der Waals surface area contributed by atoms with Crippen molar-refractivity contribution in [2.75, 3.05) is 30.7 Å². The average molecular weight is 247 g/mol. The molecule has 1 amide bonds. The molecule has 1 unspecified atom stereocenters. The molecule has 1 saturated heterocycles. The molecule has 4 nitrogen and oxygen atoms in total. The number of hydrogen-bond donors (Lipinski definition) is 2. The number of nitrogens with one attached hydrogen (secondary N) is 1. The van der Waals surface area contributed by atoms with Crippen LogP contribution in [-0.4, -0.2) is 30.4 Å². The molecule has 18 heavy (non-hydrogen) atoms. The van der Waals surface area contributed by atoms with Crippen molar-refractivity contribution >= 4 is 17.3 Å². The van der Waals surface area contributed by atoms with Crippen molar-refractivity contribution in [1.82, 2.24) is 4.90 Å². The summed E-state index contributed by atoms with van der Waals surface area (Å²) in [5, 5.41) is 2.90. The third kappa shape index (κ3) is 3.74. The number of nitrogens with two attached hydrogens (primary N) is 1. The molecule has 0 radical (unpaired) electrons. The van der Waals surface area contributed by atoms with Gasteiger partial charge >= 0.3 is 0 Å². The first-order valence-corrected chi connectivity index (χ1v) is 6.51. The van der Waals surface area contributed by atoms with Gasteiger partial charge in [0.05, 0.1) is 6.54 Å². The monoisotopic (exact) mass is 247 g/mol. The van der Waals surface area contributed by atoms with E-state index in [1.54, 1.807) is 12.1 Å². The molecule has 1 atom stereocenters. The molecule has 1 aliphatic heterocycles. The fourth-order valence-corrected chi connectivity index (χ4v) is 2.40. The van der Waals surface area contributed by atoms with E-state index in [4.69, 9.17) is 5.73 Å². The van der Waals surface area contributed by atoms with Crippen LogP contribution in [0, 0.1) is 5.92 Å². The minimum Gasteiger partial charge on any atom is -0.399 e. The van der Waals surface area contributed by atoms with Crippen molar-refractivity contribution < 1.29 is 4.79 Å². The van der Waals surface area contributed by atoms with Crippen LogP contribution in [0.1, 0.15) is 19.8 Å². The Balaban J connectivity index is 1.83. The third-order valence-corrected chi connectivity index (χ3v) is 3.30. The van der Waals surface area contributed by atoms with Gasteiger partial charge in [-0.15, -0.1) is 0 Å². The summed E-state index contributed by atoms with van der Waals surface area (Å²) in [6.45, 7) is 4.77. The van der Waals surface area contributed by atoms with E-state index in [1.165, 1.54) is 12.8 Å². The van der Waals surface area contributed by atoms with Gasteiger partial charge in [0.25, 0.3) is 0 Å². The zero-order chi connectivity index (χ0) is 13.0. The van der Waals surface area contributed by atoms with Gasteiger partial charge in [-0.3, -0.25) is 9.69 Å². The van der Waals surface area contributed by atoms with E-state index in [1.807, 2.05) is 12.1 Å². The number of piperidine rings is 1. The minimum atomic E-state index is 0.0499. The number of amides is 1. The maximum absolute atomic E-state index is 11.9. The first-order valence-electron chi connectivity index (χ1n) is 6.51. The number of anilines is 2. The molecular formula is C14H21N3O. The van der Waals surface area contributed by atoms with E-state index in [2.05, 4.69) is 17.1 Å². The number of likely N-dealkylation sites (tertiary alicyclic amines) is 1. The van der Waals surface area contributed by atoms with Gasteiger partial charge in [0.15, 0.2) is 0 Å². The summed E-state index contributed by atoms with van der Waals surface area (Å²) in [6.07, 6.45) is 2.46. The molecule has 4 heteroatoms. The van der Waals surface area contributed by atoms with Crippen LogP contribution >= 0.6 is 0 Å². The molecule has 1 aromatic rings. The van der Waals surface area contributed by atoms with Gasteiger partial charge in [0, 0.05) is 17.9 Å². The zero-order valence-corrected chi connectivity index (χ0v) is 10.9. The van der Waals surface area contributed by atoms with Gasteiger partial charge in [-0.05, 0) is 49.6 Å². The molecule has 1 aromatic carbocycles. The normalized spacial score (nSPS) is 20.6. The number of carbonyl (C=O) groups excluding carboxylic acids is 1. The van der Waals surface area contributed by atoms with E-state index < -0.39 is 0 Å². The Morgan fingerprint density at radius 2 is 2.17 bits per heavy atom. The number of hydrogen-bond acceptors (Lipinski definition) is 3. The van der Waals surface area contributed by atoms with Crippen molar-refractivity contribution in [2.24, 2.45) is 5.92 Å². The van der Waals surface area contributed by atoms with Gasteiger partial charge in [-0.2, -0.15) is 0 Å². The van der Waals surface area contributed by atoms with Crippen LogP contribution in [0.15, 0.2) is 24.3 Å². The topological polar surface area (TPSA) is 58.4 Å². The summed E-state index contributed by atoms with van der Waals surface area (Å²) in [5.41, 5.74) is 7.11. The molecule has 1 aliphatic rings. The second-order valence-electron chi connectivity index (χ2n) is 5.15. The lowest BCUT2D eigenvalue weighted by Gasteiger charge is -2.30. The quantitative estimate of drug-likeness (QED) is 0.802. The van der Waals surface area contributed by atoms with E-state index in [0.717, 1.165) is 18.8 Å².